The van der Waals surface area contributed by atoms with Crippen LogP contribution in [0, 0.1) is 0 Å². The fourth-order valence-electron chi connectivity index (χ4n) is 1.82. The number of benzene rings is 1. The van der Waals surface area contributed by atoms with Crippen LogP contribution in [-0.2, 0) is 0 Å². The van der Waals surface area contributed by atoms with Crippen molar-refractivity contribution in [1.82, 2.24) is 9.97 Å². The summed E-state index contributed by atoms with van der Waals surface area (Å²) in [6, 6.07) is 15.2. The van der Waals surface area contributed by atoms with Crippen molar-refractivity contribution in [2.24, 2.45) is 0 Å². The maximum Gasteiger partial charge on any atom is 0.488 e. The molecule has 0 bridgehead atoms. The van der Waals surface area contributed by atoms with E-state index in [9.17, 15) is 9.59 Å². The van der Waals surface area contributed by atoms with Crippen LogP contribution in [0.5, 0.6) is 0 Å². The third-order valence-corrected chi connectivity index (χ3v) is 3.30. The van der Waals surface area contributed by atoms with Crippen LogP contribution in [0.4, 0.5) is 0 Å². The van der Waals surface area contributed by atoms with Crippen LogP contribution < -0.4 is 10.9 Å². The fourth-order valence-corrected chi connectivity index (χ4v) is 1.82. The van der Waals surface area contributed by atoms with Gasteiger partial charge in [0.15, 0.2) is 0 Å². The van der Waals surface area contributed by atoms with E-state index in [1.165, 1.54) is 48.8 Å². The van der Waals surface area contributed by atoms with Crippen molar-refractivity contribution in [2.45, 2.75) is 0 Å². The van der Waals surface area contributed by atoms with Gasteiger partial charge in [-0.3, -0.25) is 0 Å². The molecule has 0 aliphatic carbocycles. The molecule has 0 amide bonds. The Kier molecular flexibility index (Phi) is 10.4. The summed E-state index contributed by atoms with van der Waals surface area (Å²) in [7, 11) is -3.04. The van der Waals surface area contributed by atoms with Gasteiger partial charge in [0.2, 0.25) is 0 Å². The Morgan fingerprint density at radius 3 is 1.10 bits per heavy atom. The zero-order valence-electron chi connectivity index (χ0n) is 15.5. The predicted octanol–water partition coefficient (Wildman–Crippen LogP) is -1.39. The molecule has 2 aromatic heterocycles. The molecular formula is C18H18B2N2O8. The molecule has 0 spiro atoms. The Morgan fingerprint density at radius 1 is 0.600 bits per heavy atom. The second-order valence-electron chi connectivity index (χ2n) is 5.45. The lowest BCUT2D eigenvalue weighted by molar-refractivity contribution is 0.0680. The minimum atomic E-state index is -1.52. The monoisotopic (exact) mass is 412 g/mol. The van der Waals surface area contributed by atoms with Gasteiger partial charge < -0.3 is 30.3 Å². The Balaban J connectivity index is 0.000000229. The summed E-state index contributed by atoms with van der Waals surface area (Å²) in [6.07, 6.45) is 2.90. The average Bonchev–Trinajstić information content (AvgIpc) is 2.76. The van der Waals surface area contributed by atoms with Crippen molar-refractivity contribution < 1.29 is 39.9 Å². The van der Waals surface area contributed by atoms with Crippen molar-refractivity contribution in [1.29, 1.82) is 0 Å². The summed E-state index contributed by atoms with van der Waals surface area (Å²) in [6.45, 7) is 0. The van der Waals surface area contributed by atoms with E-state index in [4.69, 9.17) is 30.3 Å². The summed E-state index contributed by atoms with van der Waals surface area (Å²) in [5, 5.41) is 51.4. The maximum absolute atomic E-state index is 10.1. The molecule has 0 unspecified atom stereocenters. The highest BCUT2D eigenvalue weighted by Crippen LogP contribution is 1.91. The van der Waals surface area contributed by atoms with Crippen LogP contribution >= 0.6 is 0 Å². The lowest BCUT2D eigenvalue weighted by atomic mass is 9.75. The Hall–Kier alpha value is -3.57. The number of carboxylic acid groups (broad SMARTS) is 2. The third kappa shape index (κ3) is 9.08. The Labute approximate surface area is 172 Å². The highest BCUT2D eigenvalue weighted by Gasteiger charge is 2.13. The topological polar surface area (TPSA) is 181 Å². The second-order valence-corrected chi connectivity index (χ2v) is 5.45. The molecule has 0 radical (unpaired) electrons. The van der Waals surface area contributed by atoms with Crippen LogP contribution in [0.15, 0.2) is 73.1 Å². The number of rotatable bonds is 4. The molecule has 10 nitrogen and oxygen atoms in total. The van der Waals surface area contributed by atoms with E-state index >= 15 is 0 Å². The Morgan fingerprint density at radius 2 is 0.933 bits per heavy atom. The molecule has 30 heavy (non-hydrogen) atoms. The first-order valence-electron chi connectivity index (χ1n) is 8.33. The first kappa shape index (κ1) is 24.5. The van der Waals surface area contributed by atoms with Gasteiger partial charge in [0.1, 0.15) is 11.4 Å². The molecule has 3 aromatic rings. The number of hydrogen-bond donors (Lipinski definition) is 6. The van der Waals surface area contributed by atoms with Gasteiger partial charge >= 0.3 is 26.2 Å². The molecule has 1 aromatic carbocycles. The van der Waals surface area contributed by atoms with Gasteiger partial charge in [0.25, 0.3) is 0 Å². The highest BCUT2D eigenvalue weighted by molar-refractivity contribution is 6.60. The van der Waals surface area contributed by atoms with Gasteiger partial charge in [0.05, 0.1) is 0 Å². The lowest BCUT2D eigenvalue weighted by Crippen LogP contribution is -2.34. The zero-order valence-corrected chi connectivity index (χ0v) is 15.5. The summed E-state index contributed by atoms with van der Waals surface area (Å²) in [5.74, 6) is -1.98. The quantitative estimate of drug-likeness (QED) is 0.279. The molecular weight excluding hydrogens is 394 g/mol. The number of hydrogen-bond acceptors (Lipinski definition) is 8. The standard InChI is InChI=1S/C6H8B2O4.2C6H5NO2/c9-7(10)5-1-2-6(4-3-5)8(11)12;2*8-6(9)5-3-1-2-4-7-5/h1-4,9-12H;2*1-4H,(H,8,9). The minimum absolute atomic E-state index is 0.0810. The van der Waals surface area contributed by atoms with E-state index in [0.717, 1.165) is 0 Å². The fraction of sp³-hybridized carbons (Fsp3) is 0. The number of aromatic nitrogens is 2. The molecule has 0 fully saturated rings. The molecule has 6 N–H and O–H groups in total. The lowest BCUT2D eigenvalue weighted by Gasteiger charge is -2.01. The van der Waals surface area contributed by atoms with Gasteiger partial charge in [-0.05, 0) is 35.2 Å². The molecule has 0 aliphatic rings. The van der Waals surface area contributed by atoms with E-state index in [1.54, 1.807) is 24.3 Å². The first-order valence-corrected chi connectivity index (χ1v) is 8.33. The summed E-state index contributed by atoms with van der Waals surface area (Å²) < 4.78 is 0. The second kappa shape index (κ2) is 12.8. The van der Waals surface area contributed by atoms with Crippen LogP contribution in [0.25, 0.3) is 0 Å². The molecule has 0 saturated carbocycles. The van der Waals surface area contributed by atoms with E-state index in [1.807, 2.05) is 0 Å². The highest BCUT2D eigenvalue weighted by atomic mass is 16.4. The van der Waals surface area contributed by atoms with Crippen molar-refractivity contribution in [2.75, 3.05) is 0 Å². The first-order chi connectivity index (χ1) is 14.2. The SMILES string of the molecule is O=C(O)c1ccccn1.O=C(O)c1ccccn1.OB(O)c1ccc(B(O)O)cc1. The van der Waals surface area contributed by atoms with Crippen LogP contribution in [0.3, 0.4) is 0 Å². The van der Waals surface area contributed by atoms with Crippen molar-refractivity contribution in [3.8, 4) is 0 Å². The minimum Gasteiger partial charge on any atom is -0.477 e. The summed E-state index contributed by atoms with van der Waals surface area (Å²) in [5.41, 5.74) is 0.800. The smallest absolute Gasteiger partial charge is 0.477 e. The van der Waals surface area contributed by atoms with Crippen LogP contribution in [0.1, 0.15) is 21.0 Å². The van der Waals surface area contributed by atoms with Gasteiger partial charge in [-0.2, -0.15) is 0 Å². The molecule has 2 heterocycles. The number of aromatic carboxylic acids is 2. The van der Waals surface area contributed by atoms with Crippen molar-refractivity contribution in [3.05, 3.63) is 84.4 Å². The largest absolute Gasteiger partial charge is 0.488 e. The zero-order chi connectivity index (χ0) is 22.5. The molecule has 154 valence electrons. The number of carboxylic acids is 2. The average molecular weight is 412 g/mol. The van der Waals surface area contributed by atoms with Crippen molar-refractivity contribution >= 4 is 37.1 Å². The van der Waals surface area contributed by atoms with Gasteiger partial charge in [-0.15, -0.1) is 0 Å². The van der Waals surface area contributed by atoms with E-state index in [-0.39, 0.29) is 11.4 Å². The third-order valence-electron chi connectivity index (χ3n) is 3.30. The number of nitrogens with zero attached hydrogens (tertiary/aromatic N) is 2. The van der Waals surface area contributed by atoms with E-state index in [0.29, 0.717) is 10.9 Å². The molecule has 12 heteroatoms. The molecule has 0 aliphatic heterocycles. The molecule has 0 saturated heterocycles. The summed E-state index contributed by atoms with van der Waals surface area (Å²) >= 11 is 0. The predicted molar refractivity (Wildman–Crippen MR) is 108 cm³/mol. The molecule has 0 atom stereocenters. The number of pyridine rings is 2. The maximum atomic E-state index is 10.1. The van der Waals surface area contributed by atoms with Gasteiger partial charge in [-0.1, -0.05) is 36.4 Å². The van der Waals surface area contributed by atoms with Gasteiger partial charge in [0, 0.05) is 12.4 Å². The normalized spacial score (nSPS) is 9.20. The van der Waals surface area contributed by atoms with Gasteiger partial charge in [-0.25, -0.2) is 19.6 Å². The summed E-state index contributed by atoms with van der Waals surface area (Å²) in [4.78, 5) is 27.4. The van der Waals surface area contributed by atoms with Crippen LogP contribution in [-0.4, -0.2) is 66.5 Å². The van der Waals surface area contributed by atoms with E-state index in [2.05, 4.69) is 9.97 Å². The number of carbonyl (C=O) groups is 2. The van der Waals surface area contributed by atoms with Crippen molar-refractivity contribution in [3.63, 3.8) is 0 Å². The van der Waals surface area contributed by atoms with Crippen LogP contribution in [0.2, 0.25) is 0 Å². The molecule has 3 rings (SSSR count). The van der Waals surface area contributed by atoms with E-state index < -0.39 is 26.2 Å². The Bertz CT molecular complexity index is 834.